The number of hydrogen-bond acceptors (Lipinski definition) is 5. The minimum Gasteiger partial charge on any atom is -0.382 e. The van der Waals surface area contributed by atoms with Crippen molar-refractivity contribution in [2.75, 3.05) is 38.2 Å². The molecule has 2 saturated heterocycles. The fraction of sp³-hybridized carbons (Fsp3) is 0.733. The highest BCUT2D eigenvalue weighted by atomic mass is 35.5. The summed E-state index contributed by atoms with van der Waals surface area (Å²) in [5.74, 6) is 0.469. The van der Waals surface area contributed by atoms with Gasteiger partial charge in [0.05, 0.1) is 24.5 Å². The number of ether oxygens (including phenoxy) is 1. The van der Waals surface area contributed by atoms with Crippen LogP contribution in [0.1, 0.15) is 31.7 Å². The molecule has 0 spiro atoms. The van der Waals surface area contributed by atoms with Crippen molar-refractivity contribution in [3.8, 4) is 0 Å². The van der Waals surface area contributed by atoms with Crippen molar-refractivity contribution in [3.63, 3.8) is 0 Å². The predicted octanol–water partition coefficient (Wildman–Crippen LogP) is 2.08. The molecule has 0 bridgehead atoms. The molecular weight excluding hydrogens is 339 g/mol. The smallest absolute Gasteiger partial charge is 0.287 e. The van der Waals surface area contributed by atoms with Gasteiger partial charge >= 0.3 is 0 Å². The van der Waals surface area contributed by atoms with E-state index in [4.69, 9.17) is 16.3 Å². The highest BCUT2D eigenvalue weighted by molar-refractivity contribution is 6.32. The second-order valence-corrected chi connectivity index (χ2v) is 6.45. The van der Waals surface area contributed by atoms with E-state index in [0.717, 1.165) is 58.5 Å². The van der Waals surface area contributed by atoms with Crippen molar-refractivity contribution >= 4 is 29.7 Å². The Morgan fingerprint density at radius 2 is 2.17 bits per heavy atom. The molecule has 0 aliphatic carbocycles. The summed E-state index contributed by atoms with van der Waals surface area (Å²) in [4.78, 5) is 12.4. The number of piperidine rings is 1. The minimum absolute atomic E-state index is 0. The third kappa shape index (κ3) is 4.59. The van der Waals surface area contributed by atoms with E-state index in [1.165, 1.54) is 4.68 Å². The van der Waals surface area contributed by atoms with Gasteiger partial charge in [-0.15, -0.1) is 12.4 Å². The van der Waals surface area contributed by atoms with Crippen LogP contribution in [-0.2, 0) is 4.74 Å². The van der Waals surface area contributed by atoms with E-state index in [1.54, 1.807) is 6.20 Å². The lowest BCUT2D eigenvalue weighted by molar-refractivity contribution is 0.0595. The van der Waals surface area contributed by atoms with Crippen LogP contribution in [-0.4, -0.2) is 42.6 Å². The molecule has 1 aromatic rings. The van der Waals surface area contributed by atoms with Gasteiger partial charge in [-0.3, -0.25) is 4.79 Å². The zero-order valence-corrected chi connectivity index (χ0v) is 14.7. The summed E-state index contributed by atoms with van der Waals surface area (Å²) in [5, 5.41) is 11.1. The van der Waals surface area contributed by atoms with E-state index < -0.39 is 0 Å². The number of aromatic nitrogens is 2. The Hall–Kier alpha value is -0.820. The van der Waals surface area contributed by atoms with Gasteiger partial charge < -0.3 is 15.4 Å². The van der Waals surface area contributed by atoms with E-state index in [-0.39, 0.29) is 29.0 Å². The second kappa shape index (κ2) is 8.87. The minimum atomic E-state index is -0.196. The first-order chi connectivity index (χ1) is 10.8. The van der Waals surface area contributed by atoms with Crippen molar-refractivity contribution in [2.45, 2.75) is 31.7 Å². The molecule has 1 atom stereocenters. The molecule has 1 aromatic heterocycles. The highest BCUT2D eigenvalue weighted by Gasteiger charge is 2.20. The van der Waals surface area contributed by atoms with Crippen LogP contribution in [0.15, 0.2) is 11.0 Å². The van der Waals surface area contributed by atoms with Crippen molar-refractivity contribution in [2.24, 2.45) is 5.92 Å². The molecular formula is C15H24Cl2N4O2. The Morgan fingerprint density at radius 1 is 1.39 bits per heavy atom. The molecule has 2 aliphatic heterocycles. The molecule has 0 unspecified atom stereocenters. The Kier molecular flexibility index (Phi) is 7.14. The van der Waals surface area contributed by atoms with Crippen LogP contribution in [0.2, 0.25) is 5.02 Å². The fourth-order valence-electron chi connectivity index (χ4n) is 3.10. The highest BCUT2D eigenvalue weighted by Crippen LogP contribution is 2.21. The summed E-state index contributed by atoms with van der Waals surface area (Å²) >= 11 is 6.25. The molecule has 8 heteroatoms. The zero-order chi connectivity index (χ0) is 15.4. The largest absolute Gasteiger partial charge is 0.382 e. The van der Waals surface area contributed by atoms with Crippen LogP contribution < -0.4 is 16.2 Å². The summed E-state index contributed by atoms with van der Waals surface area (Å²) in [5.41, 5.74) is 0.431. The number of halogens is 2. The van der Waals surface area contributed by atoms with Crippen LogP contribution in [0.5, 0.6) is 0 Å². The number of rotatable bonds is 4. The van der Waals surface area contributed by atoms with E-state index in [2.05, 4.69) is 15.7 Å². The summed E-state index contributed by atoms with van der Waals surface area (Å²) < 4.78 is 7.00. The van der Waals surface area contributed by atoms with Crippen LogP contribution in [0.4, 0.5) is 5.69 Å². The fourth-order valence-corrected chi connectivity index (χ4v) is 3.30. The van der Waals surface area contributed by atoms with Gasteiger partial charge in [-0.1, -0.05) is 11.6 Å². The Morgan fingerprint density at radius 3 is 2.87 bits per heavy atom. The third-order valence-electron chi connectivity index (χ3n) is 4.43. The lowest BCUT2D eigenvalue weighted by Gasteiger charge is -2.25. The lowest BCUT2D eigenvalue weighted by atomic mass is 10.0. The van der Waals surface area contributed by atoms with Crippen LogP contribution in [0.3, 0.4) is 0 Å². The van der Waals surface area contributed by atoms with Crippen LogP contribution >= 0.6 is 24.0 Å². The van der Waals surface area contributed by atoms with E-state index in [9.17, 15) is 4.79 Å². The number of anilines is 1. The summed E-state index contributed by atoms with van der Waals surface area (Å²) in [7, 11) is 0. The van der Waals surface area contributed by atoms with Crippen LogP contribution in [0, 0.1) is 5.92 Å². The summed E-state index contributed by atoms with van der Waals surface area (Å²) in [6.45, 7) is 4.21. The number of nitrogens with one attached hydrogen (secondary N) is 2. The first-order valence-corrected chi connectivity index (χ1v) is 8.43. The summed E-state index contributed by atoms with van der Waals surface area (Å²) in [6, 6.07) is 0.145. The van der Waals surface area contributed by atoms with Crippen molar-refractivity contribution < 1.29 is 4.74 Å². The van der Waals surface area contributed by atoms with Gasteiger partial charge in [0.2, 0.25) is 0 Å². The maximum Gasteiger partial charge on any atom is 0.287 e. The maximum atomic E-state index is 12.4. The van der Waals surface area contributed by atoms with Gasteiger partial charge in [0, 0.05) is 13.2 Å². The number of nitrogens with zero attached hydrogens (tertiary/aromatic N) is 2. The predicted molar refractivity (Wildman–Crippen MR) is 93.9 cm³/mol. The molecule has 3 rings (SSSR count). The topological polar surface area (TPSA) is 68.2 Å². The van der Waals surface area contributed by atoms with E-state index in [1.807, 2.05) is 0 Å². The average molecular weight is 363 g/mol. The second-order valence-electron chi connectivity index (χ2n) is 6.07. The van der Waals surface area contributed by atoms with E-state index >= 15 is 0 Å². The van der Waals surface area contributed by atoms with Gasteiger partial charge in [-0.05, 0) is 44.7 Å². The summed E-state index contributed by atoms with van der Waals surface area (Å²) in [6.07, 6.45) is 5.74. The van der Waals surface area contributed by atoms with Gasteiger partial charge in [0.15, 0.2) is 0 Å². The number of hydrogen-bond donors (Lipinski definition) is 2. The van der Waals surface area contributed by atoms with Crippen molar-refractivity contribution in [1.29, 1.82) is 0 Å². The molecule has 0 saturated carbocycles. The lowest BCUT2D eigenvalue weighted by Crippen LogP contribution is -2.36. The molecule has 2 N–H and O–H groups in total. The first-order valence-electron chi connectivity index (χ1n) is 8.05. The monoisotopic (exact) mass is 362 g/mol. The van der Waals surface area contributed by atoms with Crippen molar-refractivity contribution in [1.82, 2.24) is 15.1 Å². The molecule has 2 aliphatic rings. The van der Waals surface area contributed by atoms with E-state index in [0.29, 0.717) is 11.6 Å². The van der Waals surface area contributed by atoms with Gasteiger partial charge in [0.1, 0.15) is 5.02 Å². The standard InChI is InChI=1S/C15H23ClN4O2.ClH/c16-14-13(18-8-11-2-1-7-22-10-11)9-19-20(15(14)21)12-3-5-17-6-4-12;/h9,11-12,17-18H,1-8,10H2;1H/t11-;/m1./s1. The molecule has 3 heterocycles. The average Bonchev–Trinajstić information content (AvgIpc) is 2.58. The first kappa shape index (κ1) is 18.5. The van der Waals surface area contributed by atoms with Crippen molar-refractivity contribution in [3.05, 3.63) is 21.6 Å². The molecule has 130 valence electrons. The normalized spacial score (nSPS) is 22.4. The Bertz CT molecular complexity index is 555. The zero-order valence-electron chi connectivity index (χ0n) is 13.1. The van der Waals surface area contributed by atoms with Gasteiger partial charge in [-0.25, -0.2) is 4.68 Å². The molecule has 0 radical (unpaired) electrons. The molecule has 6 nitrogen and oxygen atoms in total. The molecule has 23 heavy (non-hydrogen) atoms. The SMILES string of the molecule is Cl.O=c1c(Cl)c(NC[C@H]2CCCOC2)cnn1C1CCNCC1. The van der Waals surface area contributed by atoms with Crippen LogP contribution in [0.25, 0.3) is 0 Å². The quantitative estimate of drug-likeness (QED) is 0.857. The third-order valence-corrected chi connectivity index (χ3v) is 4.80. The molecule has 2 fully saturated rings. The molecule has 0 aromatic carbocycles. The Balaban J connectivity index is 0.00000192. The Labute approximate surface area is 147 Å². The molecule has 0 amide bonds. The van der Waals surface area contributed by atoms with Gasteiger partial charge in [-0.2, -0.15) is 5.10 Å². The van der Waals surface area contributed by atoms with Gasteiger partial charge in [0.25, 0.3) is 5.56 Å². The maximum absolute atomic E-state index is 12.4.